The van der Waals surface area contributed by atoms with Crippen molar-refractivity contribution in [1.82, 2.24) is 4.90 Å². The van der Waals surface area contributed by atoms with Gasteiger partial charge in [-0.05, 0) is 61.4 Å². The molecule has 0 aromatic heterocycles. The maximum Gasteiger partial charge on any atom is 0.241 e. The van der Waals surface area contributed by atoms with Crippen molar-refractivity contribution < 1.29 is 9.53 Å². The molecule has 6 heteroatoms. The number of ether oxygens (including phenoxy) is 1. The van der Waals surface area contributed by atoms with Gasteiger partial charge in [0.1, 0.15) is 5.75 Å². The zero-order valence-corrected chi connectivity index (χ0v) is 17.1. The first-order chi connectivity index (χ1) is 14.2. The SMILES string of the molecule is COc1ccc(N2CCN(C(=O)CNc3ccc(N4CCCC4)cc3)CC2)cc1. The van der Waals surface area contributed by atoms with Crippen LogP contribution >= 0.6 is 0 Å². The summed E-state index contributed by atoms with van der Waals surface area (Å²) in [5.74, 6) is 1.02. The van der Waals surface area contributed by atoms with E-state index in [9.17, 15) is 4.79 Å². The second-order valence-corrected chi connectivity index (χ2v) is 7.66. The third kappa shape index (κ3) is 4.75. The van der Waals surface area contributed by atoms with Crippen molar-refractivity contribution in [2.24, 2.45) is 0 Å². The summed E-state index contributed by atoms with van der Waals surface area (Å²) in [7, 11) is 1.68. The van der Waals surface area contributed by atoms with Crippen molar-refractivity contribution in [2.45, 2.75) is 12.8 Å². The first-order valence-corrected chi connectivity index (χ1v) is 10.5. The summed E-state index contributed by atoms with van der Waals surface area (Å²) in [5.41, 5.74) is 3.45. The fourth-order valence-corrected chi connectivity index (χ4v) is 4.06. The summed E-state index contributed by atoms with van der Waals surface area (Å²) in [6.45, 7) is 5.83. The fraction of sp³-hybridized carbons (Fsp3) is 0.435. The van der Waals surface area contributed by atoms with Gasteiger partial charge in [0.25, 0.3) is 0 Å². The molecule has 29 heavy (non-hydrogen) atoms. The lowest BCUT2D eigenvalue weighted by molar-refractivity contribution is -0.129. The molecule has 1 amide bonds. The minimum Gasteiger partial charge on any atom is -0.497 e. The second-order valence-electron chi connectivity index (χ2n) is 7.66. The van der Waals surface area contributed by atoms with Gasteiger partial charge in [-0.1, -0.05) is 0 Å². The standard InChI is InChI=1S/C23H30N4O2/c1-29-22-10-8-21(9-11-22)26-14-16-27(17-15-26)23(28)18-24-19-4-6-20(7-5-19)25-12-2-3-13-25/h4-11,24H,2-3,12-18H2,1H3. The molecule has 6 nitrogen and oxygen atoms in total. The lowest BCUT2D eigenvalue weighted by atomic mass is 10.2. The summed E-state index contributed by atoms with van der Waals surface area (Å²) in [5, 5.41) is 3.28. The third-order valence-electron chi connectivity index (χ3n) is 5.85. The average molecular weight is 395 g/mol. The van der Waals surface area contributed by atoms with Crippen LogP contribution in [0.3, 0.4) is 0 Å². The molecule has 2 aromatic rings. The molecule has 1 N–H and O–H groups in total. The Morgan fingerprint density at radius 3 is 1.97 bits per heavy atom. The highest BCUT2D eigenvalue weighted by Gasteiger charge is 2.21. The molecule has 0 atom stereocenters. The van der Waals surface area contributed by atoms with Crippen LogP contribution in [-0.4, -0.2) is 63.7 Å². The van der Waals surface area contributed by atoms with Gasteiger partial charge in [-0.15, -0.1) is 0 Å². The molecule has 154 valence electrons. The Bertz CT molecular complexity index is 793. The Kier molecular flexibility index (Phi) is 6.08. The Hall–Kier alpha value is -2.89. The maximum absolute atomic E-state index is 12.6. The van der Waals surface area contributed by atoms with Crippen molar-refractivity contribution in [1.29, 1.82) is 0 Å². The highest BCUT2D eigenvalue weighted by molar-refractivity contribution is 5.81. The van der Waals surface area contributed by atoms with Crippen LogP contribution in [0, 0.1) is 0 Å². The molecule has 4 rings (SSSR count). The summed E-state index contributed by atoms with van der Waals surface area (Å²) in [6.07, 6.45) is 2.56. The molecule has 2 aliphatic rings. The highest BCUT2D eigenvalue weighted by Crippen LogP contribution is 2.22. The van der Waals surface area contributed by atoms with Crippen molar-refractivity contribution >= 4 is 23.0 Å². The number of piperazine rings is 1. The molecule has 0 bridgehead atoms. The van der Waals surface area contributed by atoms with E-state index < -0.39 is 0 Å². The Labute approximate surface area is 173 Å². The number of amides is 1. The number of hydrogen-bond donors (Lipinski definition) is 1. The third-order valence-corrected chi connectivity index (χ3v) is 5.85. The van der Waals surface area contributed by atoms with Crippen LogP contribution in [0.1, 0.15) is 12.8 Å². The molecule has 2 aromatic carbocycles. The van der Waals surface area contributed by atoms with Crippen LogP contribution in [0.25, 0.3) is 0 Å². The fourth-order valence-electron chi connectivity index (χ4n) is 4.06. The molecular formula is C23H30N4O2. The van der Waals surface area contributed by atoms with Crippen molar-refractivity contribution in [2.75, 3.05) is 68.0 Å². The van der Waals surface area contributed by atoms with Crippen LogP contribution in [0.2, 0.25) is 0 Å². The average Bonchev–Trinajstić information content (AvgIpc) is 3.33. The molecular weight excluding hydrogens is 364 g/mol. The van der Waals surface area contributed by atoms with E-state index in [-0.39, 0.29) is 5.91 Å². The van der Waals surface area contributed by atoms with Gasteiger partial charge in [0.15, 0.2) is 0 Å². The normalized spacial score (nSPS) is 16.8. The maximum atomic E-state index is 12.6. The minimum absolute atomic E-state index is 0.156. The number of methoxy groups -OCH3 is 1. The van der Waals surface area contributed by atoms with E-state index in [1.165, 1.54) is 24.2 Å². The second kappa shape index (κ2) is 9.07. The number of rotatable bonds is 6. The molecule has 2 saturated heterocycles. The topological polar surface area (TPSA) is 48.1 Å². The van der Waals surface area contributed by atoms with Gasteiger partial charge in [0.05, 0.1) is 13.7 Å². The van der Waals surface area contributed by atoms with Crippen LogP contribution < -0.4 is 19.9 Å². The zero-order chi connectivity index (χ0) is 20.1. The lowest BCUT2D eigenvalue weighted by Gasteiger charge is -2.36. The van der Waals surface area contributed by atoms with Gasteiger partial charge in [-0.3, -0.25) is 4.79 Å². The predicted molar refractivity (Wildman–Crippen MR) is 118 cm³/mol. The number of carbonyl (C=O) groups excluding carboxylic acids is 1. The minimum atomic E-state index is 0.156. The number of anilines is 3. The Balaban J connectivity index is 1.23. The van der Waals surface area contributed by atoms with Crippen molar-refractivity contribution in [3.8, 4) is 5.75 Å². The summed E-state index contributed by atoms with van der Waals surface area (Å²) < 4.78 is 5.22. The van der Waals surface area contributed by atoms with E-state index in [2.05, 4.69) is 51.5 Å². The number of carbonyl (C=O) groups is 1. The predicted octanol–water partition coefficient (Wildman–Crippen LogP) is 3.06. The van der Waals surface area contributed by atoms with Crippen LogP contribution in [-0.2, 0) is 4.79 Å². The Morgan fingerprint density at radius 1 is 0.828 bits per heavy atom. The van der Waals surface area contributed by atoms with E-state index in [1.54, 1.807) is 7.11 Å². The zero-order valence-electron chi connectivity index (χ0n) is 17.1. The van der Waals surface area contributed by atoms with Gasteiger partial charge in [-0.2, -0.15) is 0 Å². The van der Waals surface area contributed by atoms with Gasteiger partial charge < -0.3 is 24.8 Å². The molecule has 2 aliphatic heterocycles. The molecule has 0 unspecified atom stereocenters. The lowest BCUT2D eigenvalue weighted by Crippen LogP contribution is -2.50. The van der Waals surface area contributed by atoms with Gasteiger partial charge in [-0.25, -0.2) is 0 Å². The van der Waals surface area contributed by atoms with Crippen LogP contribution in [0.4, 0.5) is 17.1 Å². The van der Waals surface area contributed by atoms with Crippen molar-refractivity contribution in [3.05, 3.63) is 48.5 Å². The van der Waals surface area contributed by atoms with Crippen LogP contribution in [0.15, 0.2) is 48.5 Å². The summed E-state index contributed by atoms with van der Waals surface area (Å²) >= 11 is 0. The van der Waals surface area contributed by atoms with E-state index in [0.29, 0.717) is 6.54 Å². The first-order valence-electron chi connectivity index (χ1n) is 10.5. The highest BCUT2D eigenvalue weighted by atomic mass is 16.5. The van der Waals surface area contributed by atoms with E-state index in [1.807, 2.05) is 17.0 Å². The molecule has 0 spiro atoms. The number of hydrogen-bond acceptors (Lipinski definition) is 5. The molecule has 0 aliphatic carbocycles. The molecule has 0 saturated carbocycles. The molecule has 2 fully saturated rings. The summed E-state index contributed by atoms with van der Waals surface area (Å²) in [4.78, 5) is 19.3. The number of nitrogens with zero attached hydrogens (tertiary/aromatic N) is 3. The van der Waals surface area contributed by atoms with Gasteiger partial charge >= 0.3 is 0 Å². The largest absolute Gasteiger partial charge is 0.497 e. The number of benzene rings is 2. The quantitative estimate of drug-likeness (QED) is 0.816. The molecule has 2 heterocycles. The van der Waals surface area contributed by atoms with Crippen LogP contribution in [0.5, 0.6) is 5.75 Å². The summed E-state index contributed by atoms with van der Waals surface area (Å²) in [6, 6.07) is 16.5. The van der Waals surface area contributed by atoms with E-state index in [0.717, 1.165) is 50.7 Å². The van der Waals surface area contributed by atoms with Gasteiger partial charge in [0.2, 0.25) is 5.91 Å². The monoisotopic (exact) mass is 394 g/mol. The van der Waals surface area contributed by atoms with Crippen molar-refractivity contribution in [3.63, 3.8) is 0 Å². The smallest absolute Gasteiger partial charge is 0.241 e. The number of nitrogens with one attached hydrogen (secondary N) is 1. The van der Waals surface area contributed by atoms with E-state index in [4.69, 9.17) is 4.74 Å². The molecule has 0 radical (unpaired) electrons. The van der Waals surface area contributed by atoms with Gasteiger partial charge in [0, 0.05) is 56.3 Å². The van der Waals surface area contributed by atoms with E-state index >= 15 is 0 Å². The Morgan fingerprint density at radius 2 is 1.38 bits per heavy atom. The first kappa shape index (κ1) is 19.4.